The van der Waals surface area contributed by atoms with Gasteiger partial charge in [0.15, 0.2) is 17.5 Å². The molecule has 0 aliphatic carbocycles. The van der Waals surface area contributed by atoms with Gasteiger partial charge in [0.05, 0.1) is 11.0 Å². The lowest BCUT2D eigenvalue weighted by Gasteiger charge is -2.14. The number of nitrogens with zero attached hydrogens (tertiary/aromatic N) is 4. The van der Waals surface area contributed by atoms with Gasteiger partial charge >= 0.3 is 0 Å². The Balaban J connectivity index is 1.03. The van der Waals surface area contributed by atoms with E-state index in [1.54, 1.807) is 0 Å². The summed E-state index contributed by atoms with van der Waals surface area (Å²) in [4.78, 5) is 15.4. The Morgan fingerprint density at radius 2 is 0.864 bits per heavy atom. The molecule has 0 spiro atoms. The highest BCUT2D eigenvalue weighted by Gasteiger charge is 2.22. The SMILES string of the molecule is c1ccc(-c2ccc(-c3nc(-c4ccccc4)nc(-c4cccc(-n5c6ccc(-c7ccccc7)cc6c6cccc(-c7cccc8c7oc7ccc9ccccc9c78)c65)c4)n3)cc2)cc1. The molecule has 5 heteroatoms. The van der Waals surface area contributed by atoms with E-state index in [9.17, 15) is 0 Å². The van der Waals surface area contributed by atoms with Crippen molar-refractivity contribution in [3.05, 3.63) is 231 Å². The van der Waals surface area contributed by atoms with E-state index in [-0.39, 0.29) is 0 Å². The Hall–Kier alpha value is -8.93. The smallest absolute Gasteiger partial charge is 0.164 e. The molecule has 0 fully saturated rings. The molecule has 5 nitrogen and oxygen atoms in total. The zero-order valence-electron chi connectivity index (χ0n) is 35.6. The van der Waals surface area contributed by atoms with Gasteiger partial charge in [0.25, 0.3) is 0 Å². The summed E-state index contributed by atoms with van der Waals surface area (Å²) in [5, 5.41) is 6.92. The number of benzene rings is 10. The molecule has 0 atom stereocenters. The van der Waals surface area contributed by atoms with Crippen molar-refractivity contribution in [3.63, 3.8) is 0 Å². The first-order valence-electron chi connectivity index (χ1n) is 22.3. The molecule has 0 aliphatic rings. The van der Waals surface area contributed by atoms with Crippen LogP contribution >= 0.6 is 0 Å². The zero-order valence-corrected chi connectivity index (χ0v) is 35.6. The Bertz CT molecular complexity index is 3970. The average Bonchev–Trinajstić information content (AvgIpc) is 3.96. The quantitative estimate of drug-likeness (QED) is 0.160. The zero-order chi connectivity index (χ0) is 43.6. The van der Waals surface area contributed by atoms with Crippen LogP contribution in [0.3, 0.4) is 0 Å². The predicted molar refractivity (Wildman–Crippen MR) is 272 cm³/mol. The number of furan rings is 1. The summed E-state index contributed by atoms with van der Waals surface area (Å²) in [6.07, 6.45) is 0. The van der Waals surface area contributed by atoms with Gasteiger partial charge in [0, 0.05) is 55.0 Å². The van der Waals surface area contributed by atoms with Gasteiger partial charge < -0.3 is 8.98 Å². The molecule has 0 N–H and O–H groups in total. The van der Waals surface area contributed by atoms with Crippen LogP contribution < -0.4 is 0 Å². The largest absolute Gasteiger partial charge is 0.455 e. The molecule has 0 unspecified atom stereocenters. The molecule has 66 heavy (non-hydrogen) atoms. The van der Waals surface area contributed by atoms with Crippen LogP contribution in [0.25, 0.3) is 128 Å². The minimum atomic E-state index is 0.597. The van der Waals surface area contributed by atoms with Gasteiger partial charge in [-0.1, -0.05) is 200 Å². The number of para-hydroxylation sites is 2. The first kappa shape index (κ1) is 37.6. The van der Waals surface area contributed by atoms with Crippen molar-refractivity contribution in [2.45, 2.75) is 0 Å². The molecule has 0 radical (unpaired) electrons. The summed E-state index contributed by atoms with van der Waals surface area (Å²) in [7, 11) is 0. The molecule has 10 aromatic carbocycles. The van der Waals surface area contributed by atoms with Crippen LogP contribution in [0.15, 0.2) is 235 Å². The highest BCUT2D eigenvalue weighted by molar-refractivity contribution is 6.22. The molecule has 0 amide bonds. The van der Waals surface area contributed by atoms with Gasteiger partial charge in [-0.15, -0.1) is 0 Å². The monoisotopic (exact) mass is 842 g/mol. The molecule has 308 valence electrons. The van der Waals surface area contributed by atoms with Crippen molar-refractivity contribution in [1.29, 1.82) is 0 Å². The van der Waals surface area contributed by atoms with Crippen LogP contribution in [0.5, 0.6) is 0 Å². The van der Waals surface area contributed by atoms with Crippen LogP contribution in [-0.2, 0) is 0 Å². The highest BCUT2D eigenvalue weighted by Crippen LogP contribution is 2.44. The molecule has 0 saturated heterocycles. The molecule has 3 heterocycles. The van der Waals surface area contributed by atoms with Crippen molar-refractivity contribution in [3.8, 4) is 73.2 Å². The lowest BCUT2D eigenvalue weighted by atomic mass is 9.97. The maximum atomic E-state index is 6.86. The van der Waals surface area contributed by atoms with Crippen LogP contribution in [0.2, 0.25) is 0 Å². The van der Waals surface area contributed by atoms with Crippen molar-refractivity contribution in [1.82, 2.24) is 19.5 Å². The molecule has 0 bridgehead atoms. The third-order valence-corrected chi connectivity index (χ3v) is 12.9. The first-order valence-corrected chi connectivity index (χ1v) is 22.3. The first-order chi connectivity index (χ1) is 32.7. The number of aromatic nitrogens is 4. The normalized spacial score (nSPS) is 11.6. The third-order valence-electron chi connectivity index (χ3n) is 12.9. The van der Waals surface area contributed by atoms with Crippen LogP contribution in [0.1, 0.15) is 0 Å². The minimum absolute atomic E-state index is 0.597. The van der Waals surface area contributed by atoms with Gasteiger partial charge in [0.2, 0.25) is 0 Å². The summed E-state index contributed by atoms with van der Waals surface area (Å²) in [6.45, 7) is 0. The number of rotatable bonds is 7. The third kappa shape index (κ3) is 6.28. The summed E-state index contributed by atoms with van der Waals surface area (Å²) >= 11 is 0. The molecule has 0 saturated carbocycles. The average molecular weight is 843 g/mol. The van der Waals surface area contributed by atoms with Crippen LogP contribution in [0.4, 0.5) is 0 Å². The van der Waals surface area contributed by atoms with E-state index in [0.29, 0.717) is 17.5 Å². The predicted octanol–water partition coefficient (Wildman–Crippen LogP) is 16.0. The molecule has 13 rings (SSSR count). The Labute approximate surface area is 380 Å². The lowest BCUT2D eigenvalue weighted by molar-refractivity contribution is 0.670. The van der Waals surface area contributed by atoms with E-state index in [2.05, 4.69) is 199 Å². The standard InChI is InChI=1S/C61H38N4O/c1-4-15-39(16-5-1)41-29-31-44(32-30-41)60-62-59(43-20-8-3-9-21-43)63-61(64-60)46-22-12-23-47(37-46)65-54-35-33-45(40-17-6-2-7-18-40)38-53(54)50-26-13-25-49(57(50)65)51-27-14-28-52-56-48-24-11-10-19-42(48)34-36-55(56)66-58(51)52/h1-38H. The molecule has 3 aromatic heterocycles. The van der Waals surface area contributed by atoms with E-state index in [1.807, 2.05) is 36.4 Å². The van der Waals surface area contributed by atoms with Gasteiger partial charge in [-0.25, -0.2) is 15.0 Å². The van der Waals surface area contributed by atoms with E-state index in [4.69, 9.17) is 19.4 Å². The second-order valence-corrected chi connectivity index (χ2v) is 16.7. The van der Waals surface area contributed by atoms with E-state index >= 15 is 0 Å². The number of hydrogen-bond acceptors (Lipinski definition) is 4. The van der Waals surface area contributed by atoms with E-state index in [0.717, 1.165) is 93.9 Å². The fourth-order valence-electron chi connectivity index (χ4n) is 9.72. The Kier molecular flexibility index (Phi) is 8.78. The maximum Gasteiger partial charge on any atom is 0.164 e. The van der Waals surface area contributed by atoms with Crippen molar-refractivity contribution in [2.75, 3.05) is 0 Å². The maximum absolute atomic E-state index is 6.86. The van der Waals surface area contributed by atoms with Crippen LogP contribution in [-0.4, -0.2) is 19.5 Å². The topological polar surface area (TPSA) is 56.7 Å². The Morgan fingerprint density at radius 1 is 0.333 bits per heavy atom. The second-order valence-electron chi connectivity index (χ2n) is 16.7. The summed E-state index contributed by atoms with van der Waals surface area (Å²) in [5.74, 6) is 1.83. The number of hydrogen-bond donors (Lipinski definition) is 0. The van der Waals surface area contributed by atoms with Gasteiger partial charge in [-0.2, -0.15) is 0 Å². The van der Waals surface area contributed by atoms with Gasteiger partial charge in [0.1, 0.15) is 11.2 Å². The van der Waals surface area contributed by atoms with Crippen molar-refractivity contribution < 1.29 is 4.42 Å². The van der Waals surface area contributed by atoms with E-state index < -0.39 is 0 Å². The number of fused-ring (bicyclic) bond motifs is 8. The summed E-state index contributed by atoms with van der Waals surface area (Å²) in [5.41, 5.74) is 14.4. The van der Waals surface area contributed by atoms with Crippen molar-refractivity contribution in [2.24, 2.45) is 0 Å². The fraction of sp³-hybridized carbons (Fsp3) is 0. The fourth-order valence-corrected chi connectivity index (χ4v) is 9.72. The van der Waals surface area contributed by atoms with Gasteiger partial charge in [-0.3, -0.25) is 0 Å². The second kappa shape index (κ2) is 15.4. The molecular weight excluding hydrogens is 805 g/mol. The summed E-state index contributed by atoms with van der Waals surface area (Å²) in [6, 6.07) is 81.0. The lowest BCUT2D eigenvalue weighted by Crippen LogP contribution is -2.01. The molecule has 13 aromatic rings. The van der Waals surface area contributed by atoms with Crippen molar-refractivity contribution >= 4 is 54.5 Å². The molecule has 0 aliphatic heterocycles. The summed E-state index contributed by atoms with van der Waals surface area (Å²) < 4.78 is 9.26. The van der Waals surface area contributed by atoms with E-state index in [1.165, 1.54) is 16.3 Å². The minimum Gasteiger partial charge on any atom is -0.455 e. The van der Waals surface area contributed by atoms with Gasteiger partial charge in [-0.05, 0) is 63.4 Å². The van der Waals surface area contributed by atoms with Crippen LogP contribution in [0, 0.1) is 0 Å². The Morgan fingerprint density at radius 3 is 1.61 bits per heavy atom. The highest BCUT2D eigenvalue weighted by atomic mass is 16.3. The molecular formula is C61H38N4O.